The molecule has 0 aliphatic carbocycles. The standard InChI is InChI=1S/C20H19NO4/c1-2-3-11-24-16-7-4-14(5-8-16)20(23)21-15-6-9-19-17(13-15)18(22)10-12-25-19/h4-10,12-13H,2-3,11H2,1H3,(H,21,23). The number of carbonyl (C=O) groups excluding carboxylic acids is 1. The van der Waals surface area contributed by atoms with Crippen LogP contribution in [0.4, 0.5) is 5.69 Å². The van der Waals surface area contributed by atoms with E-state index in [0.29, 0.717) is 28.8 Å². The Balaban J connectivity index is 1.71. The molecule has 2 aromatic carbocycles. The number of hydrogen-bond donors (Lipinski definition) is 1. The molecule has 128 valence electrons. The van der Waals surface area contributed by atoms with Crippen LogP contribution in [-0.4, -0.2) is 12.5 Å². The van der Waals surface area contributed by atoms with E-state index in [4.69, 9.17) is 9.15 Å². The van der Waals surface area contributed by atoms with Crippen LogP contribution in [0.5, 0.6) is 5.75 Å². The van der Waals surface area contributed by atoms with Gasteiger partial charge in [0.15, 0.2) is 5.43 Å². The van der Waals surface area contributed by atoms with Crippen molar-refractivity contribution in [2.75, 3.05) is 11.9 Å². The molecule has 0 bridgehead atoms. The minimum atomic E-state index is -0.250. The molecule has 0 unspecified atom stereocenters. The summed E-state index contributed by atoms with van der Waals surface area (Å²) in [5.41, 5.74) is 1.40. The summed E-state index contributed by atoms with van der Waals surface area (Å²) in [6, 6.07) is 13.3. The lowest BCUT2D eigenvalue weighted by molar-refractivity contribution is 0.102. The summed E-state index contributed by atoms with van der Waals surface area (Å²) < 4.78 is 10.8. The minimum Gasteiger partial charge on any atom is -0.494 e. The lowest BCUT2D eigenvalue weighted by Gasteiger charge is -2.08. The van der Waals surface area contributed by atoms with Crippen molar-refractivity contribution < 1.29 is 13.9 Å². The van der Waals surface area contributed by atoms with E-state index in [1.807, 2.05) is 0 Å². The number of benzene rings is 2. The van der Waals surface area contributed by atoms with E-state index < -0.39 is 0 Å². The Bertz CT molecular complexity index is 928. The van der Waals surface area contributed by atoms with Crippen molar-refractivity contribution in [1.82, 2.24) is 0 Å². The Morgan fingerprint density at radius 1 is 1.12 bits per heavy atom. The van der Waals surface area contributed by atoms with Crippen molar-refractivity contribution in [3.05, 3.63) is 70.6 Å². The van der Waals surface area contributed by atoms with Gasteiger partial charge in [0, 0.05) is 17.3 Å². The van der Waals surface area contributed by atoms with Crippen LogP contribution in [0.2, 0.25) is 0 Å². The largest absolute Gasteiger partial charge is 0.494 e. The van der Waals surface area contributed by atoms with Gasteiger partial charge < -0.3 is 14.5 Å². The van der Waals surface area contributed by atoms with Gasteiger partial charge in [0.05, 0.1) is 18.3 Å². The first-order valence-electron chi connectivity index (χ1n) is 8.23. The monoisotopic (exact) mass is 337 g/mol. The molecule has 1 heterocycles. The Labute approximate surface area is 145 Å². The number of unbranched alkanes of at least 4 members (excludes halogenated alkanes) is 1. The fraction of sp³-hybridized carbons (Fsp3) is 0.200. The van der Waals surface area contributed by atoms with Gasteiger partial charge in [0.1, 0.15) is 11.3 Å². The van der Waals surface area contributed by atoms with Gasteiger partial charge >= 0.3 is 0 Å². The van der Waals surface area contributed by atoms with Crippen LogP contribution in [-0.2, 0) is 0 Å². The third-order valence-corrected chi connectivity index (χ3v) is 3.80. The first-order valence-corrected chi connectivity index (χ1v) is 8.23. The average Bonchev–Trinajstić information content (AvgIpc) is 2.63. The summed E-state index contributed by atoms with van der Waals surface area (Å²) in [4.78, 5) is 24.2. The molecule has 0 aliphatic rings. The van der Waals surface area contributed by atoms with Gasteiger partial charge in [-0.1, -0.05) is 13.3 Å². The Morgan fingerprint density at radius 3 is 2.68 bits per heavy atom. The van der Waals surface area contributed by atoms with Gasteiger partial charge in [0.2, 0.25) is 0 Å². The number of carbonyl (C=O) groups is 1. The molecule has 0 spiro atoms. The average molecular weight is 337 g/mol. The van der Waals surface area contributed by atoms with Crippen molar-refractivity contribution in [3.63, 3.8) is 0 Å². The van der Waals surface area contributed by atoms with Crippen molar-refractivity contribution >= 4 is 22.6 Å². The number of amides is 1. The fourth-order valence-corrected chi connectivity index (χ4v) is 2.40. The maximum Gasteiger partial charge on any atom is 0.255 e. The van der Waals surface area contributed by atoms with Crippen molar-refractivity contribution in [1.29, 1.82) is 0 Å². The number of anilines is 1. The molecule has 0 fully saturated rings. The van der Waals surface area contributed by atoms with Gasteiger partial charge in [0.25, 0.3) is 5.91 Å². The maximum absolute atomic E-state index is 12.4. The first-order chi connectivity index (χ1) is 12.2. The Hall–Kier alpha value is -3.08. The summed E-state index contributed by atoms with van der Waals surface area (Å²) in [5.74, 6) is 0.494. The molecule has 0 aliphatic heterocycles. The minimum absolute atomic E-state index is 0.147. The third-order valence-electron chi connectivity index (χ3n) is 3.80. The van der Waals surface area contributed by atoms with E-state index in [1.54, 1.807) is 42.5 Å². The predicted molar refractivity (Wildman–Crippen MR) is 97.3 cm³/mol. The summed E-state index contributed by atoms with van der Waals surface area (Å²) in [6.45, 7) is 2.77. The molecule has 1 aromatic heterocycles. The molecule has 5 nitrogen and oxygen atoms in total. The molecule has 3 aromatic rings. The molecule has 25 heavy (non-hydrogen) atoms. The van der Waals surface area contributed by atoms with Gasteiger partial charge in [-0.2, -0.15) is 0 Å². The SMILES string of the molecule is CCCCOc1ccc(C(=O)Nc2ccc3occc(=O)c3c2)cc1. The summed E-state index contributed by atoms with van der Waals surface area (Å²) in [7, 11) is 0. The molecule has 0 saturated carbocycles. The second-order valence-corrected chi connectivity index (χ2v) is 5.68. The van der Waals surface area contributed by atoms with Crippen LogP contribution in [0.3, 0.4) is 0 Å². The van der Waals surface area contributed by atoms with E-state index >= 15 is 0 Å². The zero-order valence-electron chi connectivity index (χ0n) is 14.0. The molecular formula is C20H19NO4. The normalized spacial score (nSPS) is 10.6. The van der Waals surface area contributed by atoms with Crippen LogP contribution < -0.4 is 15.5 Å². The number of rotatable bonds is 6. The quantitative estimate of drug-likeness (QED) is 0.684. The zero-order chi connectivity index (χ0) is 17.6. The van der Waals surface area contributed by atoms with Crippen LogP contribution in [0.25, 0.3) is 11.0 Å². The number of nitrogens with one attached hydrogen (secondary N) is 1. The zero-order valence-corrected chi connectivity index (χ0v) is 14.0. The van der Waals surface area contributed by atoms with Gasteiger partial charge in [-0.3, -0.25) is 9.59 Å². The van der Waals surface area contributed by atoms with E-state index in [2.05, 4.69) is 12.2 Å². The van der Waals surface area contributed by atoms with Crippen LogP contribution >= 0.6 is 0 Å². The first kappa shape index (κ1) is 16.8. The van der Waals surface area contributed by atoms with E-state index in [1.165, 1.54) is 12.3 Å². The Kier molecular flexibility index (Phi) is 5.14. The summed E-state index contributed by atoms with van der Waals surface area (Å²) in [5, 5.41) is 3.22. The van der Waals surface area contributed by atoms with E-state index in [0.717, 1.165) is 18.6 Å². The maximum atomic E-state index is 12.4. The molecular weight excluding hydrogens is 318 g/mol. The molecule has 0 atom stereocenters. The number of ether oxygens (including phenoxy) is 1. The van der Waals surface area contributed by atoms with Crippen LogP contribution in [0.15, 0.2) is 64.0 Å². The van der Waals surface area contributed by atoms with E-state index in [-0.39, 0.29) is 11.3 Å². The van der Waals surface area contributed by atoms with Gasteiger partial charge in [-0.25, -0.2) is 0 Å². The highest BCUT2D eigenvalue weighted by Crippen LogP contribution is 2.18. The Morgan fingerprint density at radius 2 is 1.92 bits per heavy atom. The van der Waals surface area contributed by atoms with E-state index in [9.17, 15) is 9.59 Å². The molecule has 0 saturated heterocycles. The summed E-state index contributed by atoms with van der Waals surface area (Å²) >= 11 is 0. The number of hydrogen-bond acceptors (Lipinski definition) is 4. The highest BCUT2D eigenvalue weighted by atomic mass is 16.5. The second kappa shape index (κ2) is 7.66. The van der Waals surface area contributed by atoms with Crippen LogP contribution in [0.1, 0.15) is 30.1 Å². The van der Waals surface area contributed by atoms with Crippen molar-refractivity contribution in [3.8, 4) is 5.75 Å². The molecule has 1 N–H and O–H groups in total. The molecule has 5 heteroatoms. The molecule has 1 amide bonds. The van der Waals surface area contributed by atoms with Gasteiger partial charge in [-0.05, 0) is 48.9 Å². The van der Waals surface area contributed by atoms with Gasteiger partial charge in [-0.15, -0.1) is 0 Å². The van der Waals surface area contributed by atoms with Crippen molar-refractivity contribution in [2.24, 2.45) is 0 Å². The lowest BCUT2D eigenvalue weighted by atomic mass is 10.1. The second-order valence-electron chi connectivity index (χ2n) is 5.68. The highest BCUT2D eigenvalue weighted by molar-refractivity contribution is 6.05. The fourth-order valence-electron chi connectivity index (χ4n) is 2.40. The van der Waals surface area contributed by atoms with Crippen molar-refractivity contribution in [2.45, 2.75) is 19.8 Å². The number of fused-ring (bicyclic) bond motifs is 1. The smallest absolute Gasteiger partial charge is 0.255 e. The predicted octanol–water partition coefficient (Wildman–Crippen LogP) is 4.22. The molecule has 0 radical (unpaired) electrons. The topological polar surface area (TPSA) is 68.5 Å². The highest BCUT2D eigenvalue weighted by Gasteiger charge is 2.08. The lowest BCUT2D eigenvalue weighted by Crippen LogP contribution is -2.12. The summed E-state index contributed by atoms with van der Waals surface area (Å²) in [6.07, 6.45) is 3.43. The molecule has 3 rings (SSSR count). The third kappa shape index (κ3) is 4.07. The van der Waals surface area contributed by atoms with Crippen LogP contribution in [0, 0.1) is 0 Å².